The summed E-state index contributed by atoms with van der Waals surface area (Å²) in [5, 5.41) is 14.0. The third kappa shape index (κ3) is 5.87. The van der Waals surface area contributed by atoms with Crippen LogP contribution >= 0.6 is 0 Å². The summed E-state index contributed by atoms with van der Waals surface area (Å²) in [4.78, 5) is 33.8. The predicted molar refractivity (Wildman–Crippen MR) is 68.2 cm³/mol. The van der Waals surface area contributed by atoms with E-state index >= 15 is 0 Å². The van der Waals surface area contributed by atoms with Gasteiger partial charge < -0.3 is 25.2 Å². The fourth-order valence-electron chi connectivity index (χ4n) is 1.79. The lowest BCUT2D eigenvalue weighted by Crippen LogP contribution is -2.49. The molecule has 0 radical (unpaired) electrons. The number of hydrogen-bond donors (Lipinski definition) is 3. The summed E-state index contributed by atoms with van der Waals surface area (Å²) < 4.78 is 9.80. The Hall–Kier alpha value is -1.83. The molecular weight excluding hydrogens is 268 g/mol. The summed E-state index contributed by atoms with van der Waals surface area (Å²) in [6, 6.07) is -1.80. The Kier molecular flexibility index (Phi) is 6.78. The zero-order valence-electron chi connectivity index (χ0n) is 11.4. The number of carboxylic acids is 1. The second-order valence-electron chi connectivity index (χ2n) is 4.41. The monoisotopic (exact) mass is 288 g/mol. The maximum Gasteiger partial charge on any atom is 0.326 e. The van der Waals surface area contributed by atoms with Gasteiger partial charge in [-0.2, -0.15) is 0 Å². The molecule has 1 unspecified atom stereocenters. The van der Waals surface area contributed by atoms with E-state index in [1.165, 1.54) is 0 Å². The van der Waals surface area contributed by atoms with Crippen LogP contribution in [0.4, 0.5) is 4.79 Å². The molecule has 1 aliphatic rings. The van der Waals surface area contributed by atoms with Crippen LogP contribution in [-0.2, 0) is 19.1 Å². The molecule has 1 fully saturated rings. The van der Waals surface area contributed by atoms with Crippen LogP contribution in [0.25, 0.3) is 0 Å². The number of nitrogens with one attached hydrogen (secondary N) is 2. The van der Waals surface area contributed by atoms with Gasteiger partial charge in [0.15, 0.2) is 0 Å². The van der Waals surface area contributed by atoms with Crippen molar-refractivity contribution in [2.75, 3.05) is 19.8 Å². The Balaban J connectivity index is 2.35. The van der Waals surface area contributed by atoms with Gasteiger partial charge in [-0.25, -0.2) is 9.59 Å². The Morgan fingerprint density at radius 2 is 2.20 bits per heavy atom. The Morgan fingerprint density at radius 3 is 2.75 bits per heavy atom. The minimum absolute atomic E-state index is 0.0112. The average molecular weight is 288 g/mol. The summed E-state index contributed by atoms with van der Waals surface area (Å²) >= 11 is 0. The van der Waals surface area contributed by atoms with E-state index in [1.807, 2.05) is 0 Å². The van der Waals surface area contributed by atoms with E-state index in [2.05, 4.69) is 10.6 Å². The Bertz CT molecular complexity index is 354. The molecule has 1 heterocycles. The average Bonchev–Trinajstić information content (AvgIpc) is 2.87. The molecule has 0 aromatic heterocycles. The first-order chi connectivity index (χ1) is 9.52. The van der Waals surface area contributed by atoms with Crippen LogP contribution < -0.4 is 10.6 Å². The SMILES string of the molecule is CCOC(=O)CC[C@H](NC(=O)NC1CCOC1)C(=O)O. The zero-order valence-corrected chi connectivity index (χ0v) is 11.4. The minimum atomic E-state index is -1.19. The second-order valence-corrected chi connectivity index (χ2v) is 4.41. The highest BCUT2D eigenvalue weighted by Crippen LogP contribution is 2.04. The number of carboxylic acid groups (broad SMARTS) is 1. The summed E-state index contributed by atoms with van der Waals surface area (Å²) in [5.41, 5.74) is 0. The topological polar surface area (TPSA) is 114 Å². The fourth-order valence-corrected chi connectivity index (χ4v) is 1.79. The zero-order chi connectivity index (χ0) is 15.0. The van der Waals surface area contributed by atoms with Crippen LogP contribution in [0.3, 0.4) is 0 Å². The van der Waals surface area contributed by atoms with Gasteiger partial charge in [0.1, 0.15) is 6.04 Å². The molecular formula is C12H20N2O6. The lowest BCUT2D eigenvalue weighted by molar-refractivity contribution is -0.144. The second kappa shape index (κ2) is 8.36. The fraction of sp³-hybridized carbons (Fsp3) is 0.750. The number of carbonyl (C=O) groups excluding carboxylic acids is 2. The molecule has 1 aliphatic heterocycles. The first kappa shape index (κ1) is 16.2. The van der Waals surface area contributed by atoms with Crippen molar-refractivity contribution in [3.63, 3.8) is 0 Å². The number of amides is 2. The molecule has 0 saturated carbocycles. The highest BCUT2D eigenvalue weighted by atomic mass is 16.5. The number of carbonyl (C=O) groups is 3. The van der Waals surface area contributed by atoms with E-state index in [-0.39, 0.29) is 25.5 Å². The molecule has 0 aliphatic carbocycles. The van der Waals surface area contributed by atoms with E-state index < -0.39 is 24.0 Å². The van der Waals surface area contributed by atoms with Crippen LogP contribution in [0.1, 0.15) is 26.2 Å². The number of ether oxygens (including phenoxy) is 2. The van der Waals surface area contributed by atoms with Crippen LogP contribution in [-0.4, -0.2) is 55.0 Å². The summed E-state index contributed by atoms with van der Waals surface area (Å²) in [5.74, 6) is -1.67. The molecule has 3 N–H and O–H groups in total. The molecule has 0 aromatic rings. The normalized spacial score (nSPS) is 19.1. The first-order valence-corrected chi connectivity index (χ1v) is 6.56. The summed E-state index contributed by atoms with van der Waals surface area (Å²) in [6.07, 6.45) is 0.633. The summed E-state index contributed by atoms with van der Waals surface area (Å²) in [7, 11) is 0. The first-order valence-electron chi connectivity index (χ1n) is 6.56. The summed E-state index contributed by atoms with van der Waals surface area (Å²) in [6.45, 7) is 2.91. The van der Waals surface area contributed by atoms with Crippen molar-refractivity contribution in [1.29, 1.82) is 0 Å². The van der Waals surface area contributed by atoms with Gasteiger partial charge in [-0.3, -0.25) is 4.79 Å². The van der Waals surface area contributed by atoms with Crippen molar-refractivity contribution in [3.05, 3.63) is 0 Å². The van der Waals surface area contributed by atoms with E-state index in [0.717, 1.165) is 0 Å². The molecule has 1 rings (SSSR count). The van der Waals surface area contributed by atoms with E-state index in [1.54, 1.807) is 6.92 Å². The van der Waals surface area contributed by atoms with Crippen molar-refractivity contribution in [2.45, 2.75) is 38.3 Å². The van der Waals surface area contributed by atoms with Gasteiger partial charge in [0, 0.05) is 13.0 Å². The maximum atomic E-state index is 11.6. The standard InChI is InChI=1S/C12H20N2O6/c1-2-20-10(15)4-3-9(11(16)17)14-12(18)13-8-5-6-19-7-8/h8-9H,2-7H2,1H3,(H,16,17)(H2,13,14,18)/t8?,9-/m0/s1. The molecule has 1 saturated heterocycles. The smallest absolute Gasteiger partial charge is 0.326 e. The number of rotatable bonds is 7. The van der Waals surface area contributed by atoms with Crippen molar-refractivity contribution in [2.24, 2.45) is 0 Å². The van der Waals surface area contributed by atoms with Gasteiger partial charge in [-0.1, -0.05) is 0 Å². The highest BCUT2D eigenvalue weighted by molar-refractivity contribution is 5.83. The molecule has 20 heavy (non-hydrogen) atoms. The highest BCUT2D eigenvalue weighted by Gasteiger charge is 2.23. The van der Waals surface area contributed by atoms with E-state index in [0.29, 0.717) is 19.6 Å². The van der Waals surface area contributed by atoms with Crippen molar-refractivity contribution < 1.29 is 29.0 Å². The number of urea groups is 1. The van der Waals surface area contributed by atoms with Crippen molar-refractivity contribution >= 4 is 18.0 Å². The predicted octanol–water partition coefficient (Wildman–Crippen LogP) is -0.129. The molecule has 0 bridgehead atoms. The quantitative estimate of drug-likeness (QED) is 0.562. The molecule has 2 atom stereocenters. The van der Waals surface area contributed by atoms with Gasteiger partial charge in [0.25, 0.3) is 0 Å². The van der Waals surface area contributed by atoms with Gasteiger partial charge in [-0.15, -0.1) is 0 Å². The van der Waals surface area contributed by atoms with Crippen LogP contribution in [0.15, 0.2) is 0 Å². The number of aliphatic carboxylic acids is 1. The Morgan fingerprint density at radius 1 is 1.45 bits per heavy atom. The van der Waals surface area contributed by atoms with Crippen molar-refractivity contribution in [3.8, 4) is 0 Å². The lowest BCUT2D eigenvalue weighted by atomic mass is 10.1. The lowest BCUT2D eigenvalue weighted by Gasteiger charge is -2.17. The third-order valence-corrected chi connectivity index (χ3v) is 2.81. The largest absolute Gasteiger partial charge is 0.480 e. The van der Waals surface area contributed by atoms with Crippen LogP contribution in [0, 0.1) is 0 Å². The molecule has 0 spiro atoms. The van der Waals surface area contributed by atoms with Crippen LogP contribution in [0.2, 0.25) is 0 Å². The van der Waals surface area contributed by atoms with Crippen molar-refractivity contribution in [1.82, 2.24) is 10.6 Å². The van der Waals surface area contributed by atoms with Gasteiger partial charge in [0.05, 0.1) is 19.3 Å². The molecule has 2 amide bonds. The number of hydrogen-bond acceptors (Lipinski definition) is 5. The van der Waals surface area contributed by atoms with E-state index in [9.17, 15) is 14.4 Å². The maximum absolute atomic E-state index is 11.6. The van der Waals surface area contributed by atoms with Crippen LogP contribution in [0.5, 0.6) is 0 Å². The molecule has 0 aromatic carbocycles. The minimum Gasteiger partial charge on any atom is -0.480 e. The number of esters is 1. The van der Waals surface area contributed by atoms with Gasteiger partial charge in [-0.05, 0) is 19.8 Å². The van der Waals surface area contributed by atoms with E-state index in [4.69, 9.17) is 14.6 Å². The molecule has 114 valence electrons. The Labute approximate surface area is 116 Å². The van der Waals surface area contributed by atoms with Gasteiger partial charge in [0.2, 0.25) is 0 Å². The van der Waals surface area contributed by atoms with Gasteiger partial charge >= 0.3 is 18.0 Å². The molecule has 8 nitrogen and oxygen atoms in total. The third-order valence-electron chi connectivity index (χ3n) is 2.81. The molecule has 8 heteroatoms.